The Balaban J connectivity index is 1.85. The molecule has 0 aliphatic carbocycles. The largest absolute Gasteiger partial charge is 0.323 e. The first kappa shape index (κ1) is 15.4. The molecule has 0 spiro atoms. The molecular weight excluding hydrogens is 286 g/mol. The third-order valence-electron chi connectivity index (χ3n) is 3.33. The highest BCUT2D eigenvalue weighted by Gasteiger charge is 2.07. The molecule has 20 heavy (non-hydrogen) atoms. The molecule has 0 fully saturated rings. The topological polar surface area (TPSA) is 26.0 Å². The maximum Gasteiger partial charge on any atom is 0.0446 e. The average molecular weight is 306 g/mol. The van der Waals surface area contributed by atoms with Crippen molar-refractivity contribution in [2.24, 2.45) is 5.73 Å². The van der Waals surface area contributed by atoms with E-state index in [0.717, 1.165) is 22.9 Å². The molecule has 3 heteroatoms. The Bertz CT molecular complexity index is 539. The Morgan fingerprint density at radius 1 is 1.10 bits per heavy atom. The van der Waals surface area contributed by atoms with Crippen LogP contribution in [0.1, 0.15) is 29.7 Å². The van der Waals surface area contributed by atoms with E-state index in [1.807, 2.05) is 30.0 Å². The summed E-state index contributed by atoms with van der Waals surface area (Å²) in [5.41, 5.74) is 9.96. The van der Waals surface area contributed by atoms with Crippen molar-refractivity contribution >= 4 is 23.4 Å². The van der Waals surface area contributed by atoms with Gasteiger partial charge in [-0.15, -0.1) is 0 Å². The van der Waals surface area contributed by atoms with Crippen molar-refractivity contribution in [1.82, 2.24) is 0 Å². The van der Waals surface area contributed by atoms with Crippen LogP contribution >= 0.6 is 23.4 Å². The van der Waals surface area contributed by atoms with Crippen LogP contribution in [0.2, 0.25) is 5.02 Å². The molecule has 0 aromatic heterocycles. The summed E-state index contributed by atoms with van der Waals surface area (Å²) in [5, 5.41) is 0.834. The highest BCUT2D eigenvalue weighted by atomic mass is 35.5. The molecule has 0 saturated carbocycles. The quantitative estimate of drug-likeness (QED) is 0.826. The van der Waals surface area contributed by atoms with Gasteiger partial charge in [0, 0.05) is 22.6 Å². The van der Waals surface area contributed by atoms with E-state index in [4.69, 9.17) is 17.3 Å². The number of thioether (sulfide) groups is 1. The van der Waals surface area contributed by atoms with Crippen LogP contribution in [0.15, 0.2) is 48.5 Å². The number of aryl methyl sites for hydroxylation is 1. The minimum atomic E-state index is 0.0772. The third kappa shape index (κ3) is 4.27. The van der Waals surface area contributed by atoms with Crippen LogP contribution in [0.5, 0.6) is 0 Å². The number of rotatable bonds is 6. The lowest BCUT2D eigenvalue weighted by molar-refractivity contribution is 0.830. The van der Waals surface area contributed by atoms with Crippen molar-refractivity contribution in [3.8, 4) is 0 Å². The SMILES string of the molecule is CCc1ccc(C(N)CSCc2ccccc2Cl)cc1. The number of nitrogens with two attached hydrogens (primary N) is 1. The van der Waals surface area contributed by atoms with E-state index in [-0.39, 0.29) is 6.04 Å². The zero-order valence-corrected chi connectivity index (χ0v) is 13.3. The van der Waals surface area contributed by atoms with Gasteiger partial charge in [-0.2, -0.15) is 11.8 Å². The maximum atomic E-state index is 6.23. The lowest BCUT2D eigenvalue weighted by Crippen LogP contribution is -2.13. The molecule has 0 bridgehead atoms. The van der Waals surface area contributed by atoms with Gasteiger partial charge in [-0.25, -0.2) is 0 Å². The summed E-state index contributed by atoms with van der Waals surface area (Å²) in [6, 6.07) is 16.6. The fraction of sp³-hybridized carbons (Fsp3) is 0.294. The molecule has 0 aliphatic heterocycles. The van der Waals surface area contributed by atoms with E-state index >= 15 is 0 Å². The van der Waals surface area contributed by atoms with E-state index in [0.29, 0.717) is 0 Å². The summed E-state index contributed by atoms with van der Waals surface area (Å²) >= 11 is 7.97. The second-order valence-corrected chi connectivity index (χ2v) is 6.25. The summed E-state index contributed by atoms with van der Waals surface area (Å²) in [5.74, 6) is 1.80. The van der Waals surface area contributed by atoms with E-state index in [1.54, 1.807) is 0 Å². The zero-order chi connectivity index (χ0) is 14.4. The second-order valence-electron chi connectivity index (χ2n) is 4.81. The van der Waals surface area contributed by atoms with E-state index in [1.165, 1.54) is 16.7 Å². The van der Waals surface area contributed by atoms with Gasteiger partial charge in [-0.3, -0.25) is 0 Å². The van der Waals surface area contributed by atoms with Crippen LogP contribution in [0.25, 0.3) is 0 Å². The third-order valence-corrected chi connectivity index (χ3v) is 4.81. The Hall–Kier alpha value is -0.960. The predicted octanol–water partition coefficient (Wildman–Crippen LogP) is 4.84. The smallest absolute Gasteiger partial charge is 0.0446 e. The first-order chi connectivity index (χ1) is 9.70. The van der Waals surface area contributed by atoms with Crippen LogP contribution in [0.3, 0.4) is 0 Å². The van der Waals surface area contributed by atoms with Gasteiger partial charge in [0.1, 0.15) is 0 Å². The number of hydrogen-bond donors (Lipinski definition) is 1. The van der Waals surface area contributed by atoms with E-state index in [9.17, 15) is 0 Å². The Morgan fingerprint density at radius 2 is 1.80 bits per heavy atom. The normalized spacial score (nSPS) is 12.3. The zero-order valence-electron chi connectivity index (χ0n) is 11.7. The first-order valence-corrected chi connectivity index (χ1v) is 8.39. The highest BCUT2D eigenvalue weighted by molar-refractivity contribution is 7.98. The number of benzene rings is 2. The lowest BCUT2D eigenvalue weighted by Gasteiger charge is -2.12. The van der Waals surface area contributed by atoms with Crippen molar-refractivity contribution in [1.29, 1.82) is 0 Å². The fourth-order valence-electron chi connectivity index (χ4n) is 2.01. The molecule has 1 unspecified atom stereocenters. The van der Waals surface area contributed by atoms with E-state index < -0.39 is 0 Å². The number of halogens is 1. The Kier molecular flexibility index (Phi) is 5.96. The molecule has 0 radical (unpaired) electrons. The van der Waals surface area contributed by atoms with Crippen molar-refractivity contribution < 1.29 is 0 Å². The van der Waals surface area contributed by atoms with Crippen LogP contribution in [-0.2, 0) is 12.2 Å². The molecule has 1 atom stereocenters. The minimum absolute atomic E-state index is 0.0772. The molecule has 0 heterocycles. The standard InChI is InChI=1S/C17H20ClNS/c1-2-13-7-9-14(10-8-13)17(19)12-20-11-15-5-3-4-6-16(15)18/h3-10,17H,2,11-12,19H2,1H3. The van der Waals surface area contributed by atoms with Gasteiger partial charge >= 0.3 is 0 Å². The number of hydrogen-bond acceptors (Lipinski definition) is 2. The van der Waals surface area contributed by atoms with Gasteiger partial charge < -0.3 is 5.73 Å². The molecule has 2 N–H and O–H groups in total. The molecule has 1 nitrogen and oxygen atoms in total. The summed E-state index contributed by atoms with van der Waals surface area (Å²) in [6.07, 6.45) is 1.07. The summed E-state index contributed by atoms with van der Waals surface area (Å²) < 4.78 is 0. The van der Waals surface area contributed by atoms with Crippen molar-refractivity contribution in [2.75, 3.05) is 5.75 Å². The Labute approximate surface area is 130 Å². The van der Waals surface area contributed by atoms with Crippen LogP contribution < -0.4 is 5.73 Å². The average Bonchev–Trinajstić information content (AvgIpc) is 2.49. The van der Waals surface area contributed by atoms with Crippen LogP contribution in [0, 0.1) is 0 Å². The summed E-state index contributed by atoms with van der Waals surface area (Å²) in [7, 11) is 0. The molecule has 106 valence electrons. The van der Waals surface area contributed by atoms with Gasteiger partial charge in [0.2, 0.25) is 0 Å². The van der Waals surface area contributed by atoms with Gasteiger partial charge in [0.15, 0.2) is 0 Å². The van der Waals surface area contributed by atoms with Crippen molar-refractivity contribution in [2.45, 2.75) is 25.1 Å². The van der Waals surface area contributed by atoms with Gasteiger partial charge in [-0.05, 0) is 29.2 Å². The van der Waals surface area contributed by atoms with Gasteiger partial charge in [0.05, 0.1) is 0 Å². The minimum Gasteiger partial charge on any atom is -0.323 e. The molecule has 0 aliphatic rings. The van der Waals surface area contributed by atoms with Crippen molar-refractivity contribution in [3.05, 3.63) is 70.2 Å². The summed E-state index contributed by atoms with van der Waals surface area (Å²) in [4.78, 5) is 0. The molecule has 2 aromatic carbocycles. The predicted molar refractivity (Wildman–Crippen MR) is 90.4 cm³/mol. The highest BCUT2D eigenvalue weighted by Crippen LogP contribution is 2.24. The fourth-order valence-corrected chi connectivity index (χ4v) is 3.33. The molecule has 0 saturated heterocycles. The molecule has 0 amide bonds. The van der Waals surface area contributed by atoms with Crippen molar-refractivity contribution in [3.63, 3.8) is 0 Å². The maximum absolute atomic E-state index is 6.23. The van der Waals surface area contributed by atoms with E-state index in [2.05, 4.69) is 37.3 Å². The van der Waals surface area contributed by atoms with Crippen LogP contribution in [-0.4, -0.2) is 5.75 Å². The monoisotopic (exact) mass is 305 g/mol. The lowest BCUT2D eigenvalue weighted by atomic mass is 10.1. The molecule has 2 rings (SSSR count). The summed E-state index contributed by atoms with van der Waals surface area (Å²) in [6.45, 7) is 2.16. The molecular formula is C17H20ClNS. The first-order valence-electron chi connectivity index (χ1n) is 6.86. The molecule has 2 aromatic rings. The van der Waals surface area contributed by atoms with Gasteiger partial charge in [-0.1, -0.05) is 61.0 Å². The second kappa shape index (κ2) is 7.72. The van der Waals surface area contributed by atoms with Crippen LogP contribution in [0.4, 0.5) is 0 Å². The Morgan fingerprint density at radius 3 is 2.45 bits per heavy atom. The van der Waals surface area contributed by atoms with Gasteiger partial charge in [0.25, 0.3) is 0 Å².